The van der Waals surface area contributed by atoms with Crippen LogP contribution >= 0.6 is 46.1 Å². The van der Waals surface area contributed by atoms with Gasteiger partial charge in [0.25, 0.3) is 5.91 Å². The number of nitrogen functional groups attached to an aromatic ring is 1. The number of carbonyl (C=O) groups excluding carboxylic acids is 1. The third-order valence-electron chi connectivity index (χ3n) is 4.95. The molecule has 0 saturated carbocycles. The molecule has 0 aliphatic heterocycles. The van der Waals surface area contributed by atoms with Crippen molar-refractivity contribution in [2.24, 2.45) is 0 Å². The number of amides is 1. The number of benzene rings is 1. The molecule has 0 spiro atoms. The van der Waals surface area contributed by atoms with E-state index in [-0.39, 0.29) is 16.0 Å². The summed E-state index contributed by atoms with van der Waals surface area (Å²) >= 11 is 19.6. The molecule has 0 saturated heterocycles. The highest BCUT2D eigenvalue weighted by Crippen LogP contribution is 2.38. The highest BCUT2D eigenvalue weighted by molar-refractivity contribution is 7.21. The minimum atomic E-state index is -0.362. The lowest BCUT2D eigenvalue weighted by atomic mass is 9.96. The molecule has 1 aliphatic carbocycles. The number of hydrogen-bond acceptors (Lipinski definition) is 4. The van der Waals surface area contributed by atoms with Crippen LogP contribution in [0.2, 0.25) is 15.1 Å². The normalized spacial score (nSPS) is 14.4. The van der Waals surface area contributed by atoms with Gasteiger partial charge in [-0.3, -0.25) is 4.79 Å². The monoisotopic (exact) mass is 453 g/mol. The van der Waals surface area contributed by atoms with Crippen LogP contribution < -0.4 is 11.1 Å². The number of thiophene rings is 1. The molecule has 4 rings (SSSR count). The molecule has 3 aromatic rings. The maximum atomic E-state index is 12.9. The van der Waals surface area contributed by atoms with E-state index in [0.29, 0.717) is 21.3 Å². The number of rotatable bonds is 2. The van der Waals surface area contributed by atoms with Crippen molar-refractivity contribution in [1.82, 2.24) is 4.98 Å². The van der Waals surface area contributed by atoms with Crippen molar-refractivity contribution in [1.29, 1.82) is 0 Å². The zero-order chi connectivity index (χ0) is 19.8. The molecule has 2 heterocycles. The number of halogens is 3. The molecule has 1 amide bonds. The van der Waals surface area contributed by atoms with Gasteiger partial charge in [-0.1, -0.05) is 47.6 Å². The van der Waals surface area contributed by atoms with Crippen molar-refractivity contribution in [2.45, 2.75) is 38.5 Å². The van der Waals surface area contributed by atoms with Gasteiger partial charge >= 0.3 is 0 Å². The Hall–Kier alpha value is -1.53. The van der Waals surface area contributed by atoms with Crippen LogP contribution in [0.3, 0.4) is 0 Å². The number of fused-ring (bicyclic) bond motifs is 2. The van der Waals surface area contributed by atoms with Crippen LogP contribution in [-0.2, 0) is 12.8 Å². The van der Waals surface area contributed by atoms with Crippen molar-refractivity contribution in [3.63, 3.8) is 0 Å². The van der Waals surface area contributed by atoms with Gasteiger partial charge in [-0.25, -0.2) is 4.98 Å². The van der Waals surface area contributed by atoms with Gasteiger partial charge in [0.1, 0.15) is 9.71 Å². The molecular weight excluding hydrogens is 437 g/mol. The van der Waals surface area contributed by atoms with Crippen molar-refractivity contribution in [3.05, 3.63) is 49.4 Å². The maximum absolute atomic E-state index is 12.9. The van der Waals surface area contributed by atoms with E-state index in [1.165, 1.54) is 41.9 Å². The van der Waals surface area contributed by atoms with Crippen molar-refractivity contribution in [2.75, 3.05) is 11.1 Å². The molecule has 3 N–H and O–H groups in total. The van der Waals surface area contributed by atoms with Gasteiger partial charge in [0.2, 0.25) is 0 Å². The van der Waals surface area contributed by atoms with Crippen LogP contribution in [0.25, 0.3) is 10.2 Å². The SMILES string of the molecule is Nc1c(C(=O)Nc2c(Cl)cc(Cl)cc2Cl)sc2nc3c(cc12)CCCCCC3. The minimum Gasteiger partial charge on any atom is -0.397 e. The lowest BCUT2D eigenvalue weighted by Gasteiger charge is -2.12. The first-order valence-corrected chi connectivity index (χ1v) is 11.1. The summed E-state index contributed by atoms with van der Waals surface area (Å²) in [7, 11) is 0. The molecule has 0 fully saturated rings. The van der Waals surface area contributed by atoms with Gasteiger partial charge in [-0.05, 0) is 49.4 Å². The van der Waals surface area contributed by atoms with E-state index < -0.39 is 0 Å². The maximum Gasteiger partial charge on any atom is 0.268 e. The first-order chi connectivity index (χ1) is 13.4. The van der Waals surface area contributed by atoms with E-state index in [1.54, 1.807) is 0 Å². The lowest BCUT2D eigenvalue weighted by molar-refractivity contribution is 0.103. The molecule has 1 aromatic carbocycles. The third-order valence-corrected chi connectivity index (χ3v) is 6.88. The average Bonchev–Trinajstić information content (AvgIpc) is 2.94. The Bertz CT molecular complexity index is 1060. The van der Waals surface area contributed by atoms with E-state index in [0.717, 1.165) is 41.6 Å². The second-order valence-corrected chi connectivity index (χ2v) is 9.15. The number of aryl methyl sites for hydroxylation is 2. The van der Waals surface area contributed by atoms with Crippen molar-refractivity contribution in [3.8, 4) is 0 Å². The summed E-state index contributed by atoms with van der Waals surface area (Å²) in [6.07, 6.45) is 6.76. The van der Waals surface area contributed by atoms with Crippen LogP contribution in [-0.4, -0.2) is 10.9 Å². The molecule has 2 aromatic heterocycles. The smallest absolute Gasteiger partial charge is 0.268 e. The second kappa shape index (κ2) is 8.07. The number of nitrogens with one attached hydrogen (secondary N) is 1. The second-order valence-electron chi connectivity index (χ2n) is 6.90. The highest BCUT2D eigenvalue weighted by atomic mass is 35.5. The zero-order valence-electron chi connectivity index (χ0n) is 14.9. The third kappa shape index (κ3) is 3.81. The Kier molecular flexibility index (Phi) is 5.70. The summed E-state index contributed by atoms with van der Waals surface area (Å²) in [4.78, 5) is 18.9. The molecule has 0 radical (unpaired) electrons. The molecule has 0 bridgehead atoms. The summed E-state index contributed by atoms with van der Waals surface area (Å²) < 4.78 is 0. The van der Waals surface area contributed by atoms with E-state index in [9.17, 15) is 4.79 Å². The van der Waals surface area contributed by atoms with Crippen molar-refractivity contribution < 1.29 is 4.79 Å². The molecule has 0 unspecified atom stereocenters. The van der Waals surface area contributed by atoms with E-state index in [2.05, 4.69) is 11.4 Å². The Morgan fingerprint density at radius 1 is 1.04 bits per heavy atom. The fraction of sp³-hybridized carbons (Fsp3) is 0.300. The number of aromatic nitrogens is 1. The van der Waals surface area contributed by atoms with Gasteiger partial charge in [0, 0.05) is 16.1 Å². The molecule has 0 atom stereocenters. The van der Waals surface area contributed by atoms with Gasteiger partial charge < -0.3 is 11.1 Å². The number of hydrogen-bond donors (Lipinski definition) is 2. The predicted octanol–water partition coefficient (Wildman–Crippen LogP) is 6.75. The summed E-state index contributed by atoms with van der Waals surface area (Å²) in [5.74, 6) is -0.362. The summed E-state index contributed by atoms with van der Waals surface area (Å²) in [5, 5.41) is 4.53. The highest BCUT2D eigenvalue weighted by Gasteiger charge is 2.21. The van der Waals surface area contributed by atoms with Crippen LogP contribution in [0.5, 0.6) is 0 Å². The average molecular weight is 455 g/mol. The van der Waals surface area contributed by atoms with Gasteiger partial charge in [-0.15, -0.1) is 11.3 Å². The van der Waals surface area contributed by atoms with E-state index >= 15 is 0 Å². The fourth-order valence-corrected chi connectivity index (χ4v) is 5.42. The molecule has 28 heavy (non-hydrogen) atoms. The fourth-order valence-electron chi connectivity index (χ4n) is 3.51. The predicted molar refractivity (Wildman–Crippen MR) is 119 cm³/mol. The van der Waals surface area contributed by atoms with Crippen LogP contribution in [0.4, 0.5) is 11.4 Å². The summed E-state index contributed by atoms with van der Waals surface area (Å²) in [6.45, 7) is 0. The largest absolute Gasteiger partial charge is 0.397 e. The van der Waals surface area contributed by atoms with Gasteiger partial charge in [-0.2, -0.15) is 0 Å². The first kappa shape index (κ1) is 19.8. The summed E-state index contributed by atoms with van der Waals surface area (Å²) in [5.41, 5.74) is 9.45. The number of pyridine rings is 1. The minimum absolute atomic E-state index is 0.270. The number of nitrogens with two attached hydrogens (primary N) is 1. The zero-order valence-corrected chi connectivity index (χ0v) is 18.0. The van der Waals surface area contributed by atoms with Gasteiger partial charge in [0.05, 0.1) is 21.4 Å². The Morgan fingerprint density at radius 2 is 1.71 bits per heavy atom. The Morgan fingerprint density at radius 3 is 2.43 bits per heavy atom. The molecule has 8 heteroatoms. The quantitative estimate of drug-likeness (QED) is 0.450. The van der Waals surface area contributed by atoms with Crippen molar-refractivity contribution >= 4 is 73.6 Å². The van der Waals surface area contributed by atoms with Gasteiger partial charge in [0.15, 0.2) is 0 Å². The van der Waals surface area contributed by atoms with Crippen LogP contribution in [0, 0.1) is 0 Å². The molecular formula is C20H18Cl3N3OS. The lowest BCUT2D eigenvalue weighted by Crippen LogP contribution is -2.12. The Labute approximate surface area is 182 Å². The van der Waals surface area contributed by atoms with Crippen LogP contribution in [0.15, 0.2) is 18.2 Å². The van der Waals surface area contributed by atoms with Crippen LogP contribution in [0.1, 0.15) is 46.6 Å². The first-order valence-electron chi connectivity index (χ1n) is 9.10. The number of nitrogens with zero attached hydrogens (tertiary/aromatic N) is 1. The standard InChI is InChI=1S/C20H18Cl3N3OS/c21-11-8-13(22)17(14(23)9-11)26-19(27)18-16(24)12-7-10-5-3-1-2-4-6-15(10)25-20(12)28-18/h7-9H,1-6,24H2,(H,26,27). The summed E-state index contributed by atoms with van der Waals surface area (Å²) in [6, 6.07) is 5.16. The van der Waals surface area contributed by atoms with E-state index in [1.807, 2.05) is 0 Å². The molecule has 1 aliphatic rings. The number of carbonyl (C=O) groups is 1. The van der Waals surface area contributed by atoms with E-state index in [4.69, 9.17) is 45.5 Å². The number of anilines is 2. The molecule has 4 nitrogen and oxygen atoms in total. The topological polar surface area (TPSA) is 68.0 Å². The molecule has 146 valence electrons. The Balaban J connectivity index is 1.71.